The fraction of sp³-hybridized carbons (Fsp3) is 0.667. The Morgan fingerprint density at radius 3 is 2.68 bits per heavy atom. The Kier molecular flexibility index (Phi) is 3.89. The number of aliphatic hydroxyl groups excluding tert-OH is 2. The molecule has 25 heavy (non-hydrogen) atoms. The summed E-state index contributed by atoms with van der Waals surface area (Å²) < 4.78 is 7.57. The highest BCUT2D eigenvalue weighted by atomic mass is 35.5. The van der Waals surface area contributed by atoms with Gasteiger partial charge in [0, 0.05) is 5.92 Å². The number of ether oxygens (including phenoxy) is 1. The molecule has 3 heterocycles. The zero-order valence-electron chi connectivity index (χ0n) is 13.4. The molecule has 2 aliphatic rings. The normalized spacial score (nSPS) is 36.5. The molecule has 9 nitrogen and oxygen atoms in total. The Morgan fingerprint density at radius 2 is 2.04 bits per heavy atom. The summed E-state index contributed by atoms with van der Waals surface area (Å²) in [5.74, 6) is 0.00970. The van der Waals surface area contributed by atoms with Crippen LogP contribution < -0.4 is 5.73 Å². The average molecular weight is 370 g/mol. The van der Waals surface area contributed by atoms with Gasteiger partial charge in [0.05, 0.1) is 12.9 Å². The van der Waals surface area contributed by atoms with Gasteiger partial charge in [-0.1, -0.05) is 24.4 Å². The predicted molar refractivity (Wildman–Crippen MR) is 88.4 cm³/mol. The Morgan fingerprint density at radius 1 is 1.32 bits per heavy atom. The third-order valence-corrected chi connectivity index (χ3v) is 5.88. The highest BCUT2D eigenvalue weighted by Crippen LogP contribution is 2.55. The van der Waals surface area contributed by atoms with Gasteiger partial charge >= 0.3 is 0 Å². The molecule has 0 amide bonds. The third kappa shape index (κ3) is 2.13. The molecule has 2 aromatic heterocycles. The zero-order chi connectivity index (χ0) is 17.8. The van der Waals surface area contributed by atoms with Crippen LogP contribution in [0.4, 0.5) is 5.82 Å². The number of imidazole rings is 1. The molecule has 0 radical (unpaired) electrons. The van der Waals surface area contributed by atoms with Crippen molar-refractivity contribution in [2.75, 3.05) is 12.3 Å². The lowest BCUT2D eigenvalue weighted by molar-refractivity contribution is -0.194. The summed E-state index contributed by atoms with van der Waals surface area (Å²) in [6.45, 7) is -0.478. The maximum atomic E-state index is 11.1. The lowest BCUT2D eigenvalue weighted by Crippen LogP contribution is -2.57. The van der Waals surface area contributed by atoms with Gasteiger partial charge in [-0.25, -0.2) is 15.0 Å². The Labute approximate surface area is 148 Å². The first kappa shape index (κ1) is 16.9. The van der Waals surface area contributed by atoms with Crippen LogP contribution in [-0.2, 0) is 10.5 Å². The number of fused-ring (bicyclic) bond motifs is 1. The molecule has 0 unspecified atom stereocenters. The van der Waals surface area contributed by atoms with Gasteiger partial charge < -0.3 is 25.8 Å². The van der Waals surface area contributed by atoms with Crippen molar-refractivity contribution in [2.24, 2.45) is 5.92 Å². The number of nitrogens with zero attached hydrogens (tertiary/aromatic N) is 4. The zero-order valence-corrected chi connectivity index (χ0v) is 14.2. The monoisotopic (exact) mass is 369 g/mol. The minimum absolute atomic E-state index is 0.185. The first-order chi connectivity index (χ1) is 11.9. The fourth-order valence-electron chi connectivity index (χ4n) is 4.19. The van der Waals surface area contributed by atoms with Gasteiger partial charge in [0.1, 0.15) is 24.1 Å². The van der Waals surface area contributed by atoms with E-state index >= 15 is 0 Å². The Bertz CT molecular complexity index is 793. The molecular weight excluding hydrogens is 350 g/mol. The Balaban J connectivity index is 1.97. The van der Waals surface area contributed by atoms with E-state index in [0.29, 0.717) is 11.2 Å². The fourth-order valence-corrected chi connectivity index (χ4v) is 4.62. The number of hydrogen-bond acceptors (Lipinski definition) is 8. The molecule has 2 aromatic rings. The molecule has 0 aromatic carbocycles. The molecule has 4 rings (SSSR count). The van der Waals surface area contributed by atoms with Gasteiger partial charge in [-0.2, -0.15) is 0 Å². The van der Waals surface area contributed by atoms with Crippen LogP contribution in [0.2, 0.25) is 0 Å². The summed E-state index contributed by atoms with van der Waals surface area (Å²) >= 11 is 6.47. The largest absolute Gasteiger partial charge is 0.394 e. The van der Waals surface area contributed by atoms with Crippen molar-refractivity contribution in [3.8, 4) is 0 Å². The second-order valence-electron chi connectivity index (χ2n) is 6.68. The van der Waals surface area contributed by atoms with E-state index in [1.54, 1.807) is 0 Å². The topological polar surface area (TPSA) is 140 Å². The van der Waals surface area contributed by atoms with Gasteiger partial charge in [0.2, 0.25) is 5.06 Å². The van der Waals surface area contributed by atoms with Crippen LogP contribution in [0.3, 0.4) is 0 Å². The van der Waals surface area contributed by atoms with Crippen molar-refractivity contribution in [1.82, 2.24) is 19.5 Å². The van der Waals surface area contributed by atoms with Crippen molar-refractivity contribution < 1.29 is 20.1 Å². The molecule has 1 aliphatic carbocycles. The molecule has 1 saturated heterocycles. The molecule has 0 spiro atoms. The van der Waals surface area contributed by atoms with E-state index in [1.165, 1.54) is 17.2 Å². The van der Waals surface area contributed by atoms with E-state index in [4.69, 9.17) is 22.1 Å². The van der Waals surface area contributed by atoms with Crippen molar-refractivity contribution in [2.45, 2.75) is 48.7 Å². The van der Waals surface area contributed by atoms with E-state index in [-0.39, 0.29) is 11.7 Å². The van der Waals surface area contributed by atoms with Crippen LogP contribution in [0, 0.1) is 5.92 Å². The van der Waals surface area contributed by atoms with E-state index < -0.39 is 29.6 Å². The summed E-state index contributed by atoms with van der Waals surface area (Å²) in [4.78, 5) is 12.4. The van der Waals surface area contributed by atoms with Crippen molar-refractivity contribution >= 4 is 28.6 Å². The van der Waals surface area contributed by atoms with Crippen LogP contribution >= 0.6 is 11.6 Å². The molecule has 1 aliphatic heterocycles. The maximum Gasteiger partial charge on any atom is 0.216 e. The van der Waals surface area contributed by atoms with Crippen LogP contribution in [0.5, 0.6) is 0 Å². The van der Waals surface area contributed by atoms with Crippen molar-refractivity contribution in [3.05, 3.63) is 12.7 Å². The number of hydrogen-bond donors (Lipinski definition) is 4. The lowest BCUT2D eigenvalue weighted by atomic mass is 9.87. The number of halogens is 1. The van der Waals surface area contributed by atoms with Crippen LogP contribution in [-0.4, -0.2) is 58.7 Å². The van der Waals surface area contributed by atoms with Crippen LogP contribution in [0.15, 0.2) is 12.7 Å². The number of nitrogen functional groups attached to an aromatic ring is 1. The minimum Gasteiger partial charge on any atom is -0.394 e. The SMILES string of the molecule is Nc1ncnc2c1ncn2[C@]1(C2CCCC2)O[C@H](CO)[C@@H](O)[C@]1(O)Cl. The minimum atomic E-state index is -2.16. The van der Waals surface area contributed by atoms with Gasteiger partial charge in [-0.15, -0.1) is 0 Å². The lowest BCUT2D eigenvalue weighted by Gasteiger charge is -2.43. The highest BCUT2D eigenvalue weighted by Gasteiger charge is 2.69. The molecule has 0 bridgehead atoms. The molecular formula is C15H20ClN5O4. The number of aliphatic hydroxyl groups is 3. The van der Waals surface area contributed by atoms with Gasteiger partial charge in [0.25, 0.3) is 0 Å². The summed E-state index contributed by atoms with van der Waals surface area (Å²) in [5.41, 5.74) is 5.05. The molecule has 10 heteroatoms. The highest BCUT2D eigenvalue weighted by molar-refractivity contribution is 6.24. The van der Waals surface area contributed by atoms with Gasteiger partial charge in [0.15, 0.2) is 17.2 Å². The van der Waals surface area contributed by atoms with Gasteiger partial charge in [-0.05, 0) is 12.8 Å². The number of anilines is 1. The standard InChI is InChI=1S/C15H20ClN5O4/c16-14(24)11(23)9(5-22)25-15(14,8-3-1-2-4-8)21-7-20-10-12(17)18-6-19-13(10)21/h6-9,11,22-24H,1-5H2,(H2,17,18,19)/t9-,11-,14-,15-/m1/s1. The first-order valence-corrected chi connectivity index (χ1v) is 8.63. The molecule has 1 saturated carbocycles. The maximum absolute atomic E-state index is 11.1. The molecule has 2 fully saturated rings. The summed E-state index contributed by atoms with van der Waals surface area (Å²) in [5, 5.41) is 29.0. The quantitative estimate of drug-likeness (QED) is 0.551. The van der Waals surface area contributed by atoms with Crippen molar-refractivity contribution in [1.29, 1.82) is 0 Å². The molecule has 136 valence electrons. The molecule has 5 N–H and O–H groups in total. The third-order valence-electron chi connectivity index (χ3n) is 5.39. The summed E-state index contributed by atoms with van der Waals surface area (Å²) in [7, 11) is 0. The van der Waals surface area contributed by atoms with Crippen molar-refractivity contribution in [3.63, 3.8) is 0 Å². The number of rotatable bonds is 3. The second-order valence-corrected chi connectivity index (χ2v) is 7.26. The van der Waals surface area contributed by atoms with E-state index in [2.05, 4.69) is 15.0 Å². The van der Waals surface area contributed by atoms with Crippen LogP contribution in [0.25, 0.3) is 11.2 Å². The molecule has 4 atom stereocenters. The number of aromatic nitrogens is 4. The first-order valence-electron chi connectivity index (χ1n) is 8.25. The van der Waals surface area contributed by atoms with Crippen LogP contribution in [0.1, 0.15) is 25.7 Å². The second kappa shape index (κ2) is 5.75. The average Bonchev–Trinajstić information content (AvgIpc) is 3.29. The summed E-state index contributed by atoms with van der Waals surface area (Å²) in [6, 6.07) is 0. The van der Waals surface area contributed by atoms with E-state index in [0.717, 1.165) is 25.7 Å². The number of nitrogens with two attached hydrogens (primary N) is 1. The Hall–Kier alpha value is -1.52. The smallest absolute Gasteiger partial charge is 0.216 e. The predicted octanol–water partition coefficient (Wildman–Crippen LogP) is -0.0691. The van der Waals surface area contributed by atoms with E-state index in [9.17, 15) is 15.3 Å². The van der Waals surface area contributed by atoms with E-state index in [1.807, 2.05) is 0 Å². The van der Waals surface area contributed by atoms with Gasteiger partial charge in [-0.3, -0.25) is 4.57 Å². The summed E-state index contributed by atoms with van der Waals surface area (Å²) in [6.07, 6.45) is 3.63. The number of alkyl halides is 1.